The highest BCUT2D eigenvalue weighted by Crippen LogP contribution is 2.23. The lowest BCUT2D eigenvalue weighted by Gasteiger charge is -2.29. The molecule has 23 heavy (non-hydrogen) atoms. The summed E-state index contributed by atoms with van der Waals surface area (Å²) in [6.45, 7) is 1.60. The first kappa shape index (κ1) is 18.3. The number of aromatic nitrogens is 2. The molecule has 0 spiro atoms. The van der Waals surface area contributed by atoms with Crippen molar-refractivity contribution in [3.8, 4) is 0 Å². The van der Waals surface area contributed by atoms with Crippen LogP contribution in [0.3, 0.4) is 0 Å². The van der Waals surface area contributed by atoms with Crippen LogP contribution in [0.2, 0.25) is 0 Å². The van der Waals surface area contributed by atoms with Crippen LogP contribution in [0.5, 0.6) is 0 Å². The number of nitrogens with zero attached hydrogens (tertiary/aromatic N) is 3. The molecule has 0 saturated heterocycles. The van der Waals surface area contributed by atoms with Gasteiger partial charge in [0, 0.05) is 57.2 Å². The van der Waals surface area contributed by atoms with Crippen molar-refractivity contribution >= 4 is 35.2 Å². The van der Waals surface area contributed by atoms with E-state index in [-0.39, 0.29) is 12.5 Å². The van der Waals surface area contributed by atoms with Crippen molar-refractivity contribution in [1.82, 2.24) is 14.5 Å². The Morgan fingerprint density at radius 1 is 1.43 bits per heavy atom. The first-order chi connectivity index (χ1) is 11.1. The number of hydrogen-bond donors (Lipinski definition) is 1. The van der Waals surface area contributed by atoms with Gasteiger partial charge in [-0.25, -0.2) is 4.98 Å². The van der Waals surface area contributed by atoms with Gasteiger partial charge in [0.1, 0.15) is 5.82 Å². The number of halogens is 2. The average molecular weight is 360 g/mol. The van der Waals surface area contributed by atoms with E-state index in [1.54, 1.807) is 0 Å². The third kappa shape index (κ3) is 4.72. The molecule has 0 radical (unpaired) electrons. The monoisotopic (exact) mass is 359 g/mol. The Labute approximate surface area is 146 Å². The molecule has 1 unspecified atom stereocenters. The maximum atomic E-state index is 10.6. The highest BCUT2D eigenvalue weighted by molar-refractivity contribution is 6.18. The molecule has 1 aromatic heterocycles. The second-order valence-corrected chi connectivity index (χ2v) is 6.47. The zero-order chi connectivity index (χ0) is 16.8. The van der Waals surface area contributed by atoms with Crippen LogP contribution in [0, 0.1) is 0 Å². The SMILES string of the molecule is Cn1c(CCCC(=O)O)nc2c1C=CC(N(CCCl)CCCl)C2. The molecule has 0 fully saturated rings. The number of aliphatic carboxylic acids is 1. The number of aryl methyl sites for hydroxylation is 1. The minimum atomic E-state index is -0.762. The van der Waals surface area contributed by atoms with Gasteiger partial charge in [0.2, 0.25) is 0 Å². The van der Waals surface area contributed by atoms with Crippen molar-refractivity contribution in [2.75, 3.05) is 24.8 Å². The van der Waals surface area contributed by atoms with E-state index in [1.165, 1.54) is 0 Å². The first-order valence-corrected chi connectivity index (χ1v) is 8.94. The van der Waals surface area contributed by atoms with Crippen LogP contribution in [0.4, 0.5) is 0 Å². The number of carbonyl (C=O) groups is 1. The van der Waals surface area contributed by atoms with Crippen molar-refractivity contribution in [2.45, 2.75) is 31.7 Å². The minimum absolute atomic E-state index is 0.176. The Hall–Kier alpha value is -1.04. The van der Waals surface area contributed by atoms with Gasteiger partial charge >= 0.3 is 5.97 Å². The highest BCUT2D eigenvalue weighted by Gasteiger charge is 2.24. The number of alkyl halides is 2. The third-order valence-electron chi connectivity index (χ3n) is 4.19. The van der Waals surface area contributed by atoms with Gasteiger partial charge in [-0.2, -0.15) is 0 Å². The van der Waals surface area contributed by atoms with Gasteiger partial charge in [0.25, 0.3) is 0 Å². The Kier molecular flexibility index (Phi) is 6.93. The lowest BCUT2D eigenvalue weighted by molar-refractivity contribution is -0.137. The molecular weight excluding hydrogens is 337 g/mol. The summed E-state index contributed by atoms with van der Waals surface area (Å²) in [6, 6.07) is 0.266. The Balaban J connectivity index is 2.07. The number of imidazole rings is 1. The van der Waals surface area contributed by atoms with E-state index in [2.05, 4.69) is 21.6 Å². The number of carboxylic acids is 1. The van der Waals surface area contributed by atoms with E-state index >= 15 is 0 Å². The second-order valence-electron chi connectivity index (χ2n) is 5.71. The largest absolute Gasteiger partial charge is 0.481 e. The quantitative estimate of drug-likeness (QED) is 0.688. The fourth-order valence-electron chi connectivity index (χ4n) is 2.98. The molecule has 1 heterocycles. The maximum Gasteiger partial charge on any atom is 0.303 e. The summed E-state index contributed by atoms with van der Waals surface area (Å²) in [5.74, 6) is 1.34. The van der Waals surface area contributed by atoms with Crippen LogP contribution in [-0.2, 0) is 24.7 Å². The van der Waals surface area contributed by atoms with E-state index in [1.807, 2.05) is 7.05 Å². The van der Waals surface area contributed by atoms with Gasteiger partial charge in [-0.1, -0.05) is 6.08 Å². The van der Waals surface area contributed by atoms with Crippen LogP contribution in [-0.4, -0.2) is 56.4 Å². The molecule has 1 N–H and O–H groups in total. The molecule has 5 nitrogen and oxygen atoms in total. The Morgan fingerprint density at radius 2 is 2.13 bits per heavy atom. The summed E-state index contributed by atoms with van der Waals surface area (Å²) in [7, 11) is 1.99. The summed E-state index contributed by atoms with van der Waals surface area (Å²) in [5.41, 5.74) is 2.18. The Morgan fingerprint density at radius 3 is 2.74 bits per heavy atom. The minimum Gasteiger partial charge on any atom is -0.481 e. The fourth-order valence-corrected chi connectivity index (χ4v) is 3.41. The second kappa shape index (κ2) is 8.71. The predicted octanol–water partition coefficient (Wildman–Crippen LogP) is 2.54. The summed E-state index contributed by atoms with van der Waals surface area (Å²) in [5, 5.41) is 8.75. The third-order valence-corrected chi connectivity index (χ3v) is 4.53. The number of rotatable bonds is 9. The maximum absolute atomic E-state index is 10.6. The van der Waals surface area contributed by atoms with Gasteiger partial charge in [-0.15, -0.1) is 23.2 Å². The highest BCUT2D eigenvalue weighted by atomic mass is 35.5. The fraction of sp³-hybridized carbons (Fsp3) is 0.625. The summed E-state index contributed by atoms with van der Waals surface area (Å²) in [4.78, 5) is 17.6. The number of carboxylic acid groups (broad SMARTS) is 1. The van der Waals surface area contributed by atoms with Crippen molar-refractivity contribution in [3.05, 3.63) is 23.3 Å². The molecule has 1 atom stereocenters. The molecule has 128 valence electrons. The zero-order valence-electron chi connectivity index (χ0n) is 13.3. The van der Waals surface area contributed by atoms with E-state index in [0.29, 0.717) is 24.6 Å². The van der Waals surface area contributed by atoms with E-state index < -0.39 is 5.97 Å². The number of fused-ring (bicyclic) bond motifs is 1. The molecule has 0 amide bonds. The van der Waals surface area contributed by atoms with E-state index in [0.717, 1.165) is 36.7 Å². The van der Waals surface area contributed by atoms with Gasteiger partial charge in [-0.3, -0.25) is 9.69 Å². The van der Waals surface area contributed by atoms with Crippen LogP contribution in [0.15, 0.2) is 6.08 Å². The van der Waals surface area contributed by atoms with Crippen LogP contribution in [0.1, 0.15) is 30.1 Å². The molecular formula is C16H23Cl2N3O2. The van der Waals surface area contributed by atoms with Gasteiger partial charge in [0.05, 0.1) is 11.4 Å². The van der Waals surface area contributed by atoms with Crippen LogP contribution in [0.25, 0.3) is 6.08 Å². The molecule has 1 aliphatic rings. The standard InChI is InChI=1S/C16H23Cl2N3O2/c1-20-14-6-5-12(21(9-7-17)10-8-18)11-13(14)19-15(20)3-2-4-16(22)23/h5-6,12H,2-4,7-11H2,1H3,(H,22,23). The molecule has 7 heteroatoms. The molecule has 0 bridgehead atoms. The predicted molar refractivity (Wildman–Crippen MR) is 93.3 cm³/mol. The smallest absolute Gasteiger partial charge is 0.303 e. The van der Waals surface area contributed by atoms with Crippen LogP contribution >= 0.6 is 23.2 Å². The first-order valence-electron chi connectivity index (χ1n) is 7.87. The van der Waals surface area contributed by atoms with Crippen LogP contribution < -0.4 is 0 Å². The molecule has 1 aliphatic carbocycles. The lowest BCUT2D eigenvalue weighted by Crippen LogP contribution is -2.39. The number of hydrogen-bond acceptors (Lipinski definition) is 3. The van der Waals surface area contributed by atoms with Gasteiger partial charge in [0.15, 0.2) is 0 Å². The summed E-state index contributed by atoms with van der Waals surface area (Å²) >= 11 is 11.8. The molecule has 0 aliphatic heterocycles. The normalized spacial score (nSPS) is 16.8. The summed E-state index contributed by atoms with van der Waals surface area (Å²) < 4.78 is 2.07. The van der Waals surface area contributed by atoms with Crippen molar-refractivity contribution < 1.29 is 9.90 Å². The molecule has 1 aromatic rings. The topological polar surface area (TPSA) is 58.4 Å². The van der Waals surface area contributed by atoms with E-state index in [9.17, 15) is 4.79 Å². The summed E-state index contributed by atoms with van der Waals surface area (Å²) in [6.07, 6.45) is 6.59. The molecule has 0 saturated carbocycles. The van der Waals surface area contributed by atoms with Crippen molar-refractivity contribution in [1.29, 1.82) is 0 Å². The Bertz CT molecular complexity index is 566. The van der Waals surface area contributed by atoms with Crippen molar-refractivity contribution in [3.63, 3.8) is 0 Å². The average Bonchev–Trinajstić information content (AvgIpc) is 2.83. The molecule has 0 aromatic carbocycles. The van der Waals surface area contributed by atoms with E-state index in [4.69, 9.17) is 33.3 Å². The van der Waals surface area contributed by atoms with Gasteiger partial charge < -0.3 is 9.67 Å². The lowest BCUT2D eigenvalue weighted by atomic mass is 10.0. The molecule has 2 rings (SSSR count). The van der Waals surface area contributed by atoms with Gasteiger partial charge in [-0.05, 0) is 12.5 Å². The van der Waals surface area contributed by atoms with Crippen molar-refractivity contribution in [2.24, 2.45) is 7.05 Å². The zero-order valence-corrected chi connectivity index (χ0v) is 14.9.